The van der Waals surface area contributed by atoms with Crippen LogP contribution in [-0.2, 0) is 0 Å². The monoisotopic (exact) mass is 247 g/mol. The topological polar surface area (TPSA) is 0 Å². The molecule has 0 unspecified atom stereocenters. The maximum atomic E-state index is 2.36. The zero-order chi connectivity index (χ0) is 13.2. The summed E-state index contributed by atoms with van der Waals surface area (Å²) in [6.45, 7) is 4.51. The van der Waals surface area contributed by atoms with Gasteiger partial charge in [0.25, 0.3) is 0 Å². The molecule has 1 aliphatic rings. The minimum Gasteiger partial charge on any atom is -0.0622 e. The van der Waals surface area contributed by atoms with Crippen molar-refractivity contribution in [2.75, 3.05) is 0 Å². The molecule has 0 N–H and O–H groups in total. The van der Waals surface area contributed by atoms with E-state index >= 15 is 0 Å². The van der Waals surface area contributed by atoms with E-state index in [0.29, 0.717) is 0 Å². The van der Waals surface area contributed by atoms with Crippen LogP contribution in [-0.4, -0.2) is 0 Å². The molecule has 2 aromatic rings. The molecular formula is C19H19. The predicted octanol–water partition coefficient (Wildman–Crippen LogP) is 5.49. The van der Waals surface area contributed by atoms with E-state index in [9.17, 15) is 0 Å². The minimum atomic E-state index is 1.11. The Bertz CT molecular complexity index is 618. The molecule has 0 bridgehead atoms. The third kappa shape index (κ3) is 2.02. The van der Waals surface area contributed by atoms with Crippen LogP contribution >= 0.6 is 0 Å². The van der Waals surface area contributed by atoms with Gasteiger partial charge in [-0.1, -0.05) is 68.0 Å². The molecule has 0 fully saturated rings. The first-order valence-electron chi connectivity index (χ1n) is 7.10. The van der Waals surface area contributed by atoms with Crippen LogP contribution in [0.15, 0.2) is 54.1 Å². The fourth-order valence-electron chi connectivity index (χ4n) is 3.04. The lowest BCUT2D eigenvalue weighted by atomic mass is 9.92. The van der Waals surface area contributed by atoms with Gasteiger partial charge in [0.15, 0.2) is 0 Å². The summed E-state index contributed by atoms with van der Waals surface area (Å²) in [6, 6.07) is 17.4. The van der Waals surface area contributed by atoms with E-state index in [1.54, 1.807) is 0 Å². The third-order valence-corrected chi connectivity index (χ3v) is 3.94. The van der Waals surface area contributed by atoms with Crippen molar-refractivity contribution in [3.63, 3.8) is 0 Å². The number of rotatable bonds is 3. The highest BCUT2D eigenvalue weighted by molar-refractivity contribution is 5.90. The quantitative estimate of drug-likeness (QED) is 0.672. The van der Waals surface area contributed by atoms with Gasteiger partial charge in [-0.15, -0.1) is 0 Å². The summed E-state index contributed by atoms with van der Waals surface area (Å²) in [5, 5.41) is 0. The van der Waals surface area contributed by atoms with Crippen LogP contribution in [0.2, 0.25) is 0 Å². The van der Waals surface area contributed by atoms with Crippen LogP contribution < -0.4 is 0 Å². The average Bonchev–Trinajstić information content (AvgIpc) is 2.85. The molecule has 0 amide bonds. The van der Waals surface area contributed by atoms with Gasteiger partial charge in [-0.2, -0.15) is 0 Å². The molecule has 2 aromatic carbocycles. The van der Waals surface area contributed by atoms with Gasteiger partial charge in [0.2, 0.25) is 0 Å². The minimum absolute atomic E-state index is 1.11. The smallest absolute Gasteiger partial charge is 0.0167 e. The van der Waals surface area contributed by atoms with Gasteiger partial charge in [-0.25, -0.2) is 0 Å². The Kier molecular flexibility index (Phi) is 3.25. The number of fused-ring (bicyclic) bond motifs is 1. The van der Waals surface area contributed by atoms with E-state index in [-0.39, 0.29) is 0 Å². The van der Waals surface area contributed by atoms with Crippen molar-refractivity contribution in [2.24, 2.45) is 0 Å². The second kappa shape index (κ2) is 5.05. The molecule has 1 radical (unpaired) electrons. The van der Waals surface area contributed by atoms with Crippen LogP contribution in [0.5, 0.6) is 0 Å². The molecule has 1 aliphatic carbocycles. The Balaban J connectivity index is 2.21. The lowest BCUT2D eigenvalue weighted by Crippen LogP contribution is -1.89. The first-order chi connectivity index (χ1) is 9.35. The van der Waals surface area contributed by atoms with Crippen LogP contribution in [0, 0.1) is 6.42 Å². The first-order valence-corrected chi connectivity index (χ1v) is 7.10. The summed E-state index contributed by atoms with van der Waals surface area (Å²) in [4.78, 5) is 0. The number of benzene rings is 2. The summed E-state index contributed by atoms with van der Waals surface area (Å²) < 4.78 is 0. The van der Waals surface area contributed by atoms with E-state index in [1.165, 1.54) is 33.4 Å². The molecule has 0 saturated heterocycles. The second-order valence-corrected chi connectivity index (χ2v) is 4.99. The van der Waals surface area contributed by atoms with Gasteiger partial charge in [-0.05, 0) is 40.7 Å². The standard InChI is InChI=1S/C19H19/c1-3-14-13-16-11-8-12-18(19(16)17(14)4-2)15-9-6-5-7-10-15/h5-13H,3-4H2,1-2H3. The van der Waals surface area contributed by atoms with Crippen molar-refractivity contribution >= 4 is 5.57 Å². The van der Waals surface area contributed by atoms with Crippen molar-refractivity contribution < 1.29 is 0 Å². The normalized spacial score (nSPS) is 13.8. The van der Waals surface area contributed by atoms with Crippen molar-refractivity contribution in [3.8, 4) is 11.1 Å². The second-order valence-electron chi connectivity index (χ2n) is 4.99. The van der Waals surface area contributed by atoms with E-state index in [1.807, 2.05) is 0 Å². The van der Waals surface area contributed by atoms with E-state index in [4.69, 9.17) is 0 Å². The zero-order valence-electron chi connectivity index (χ0n) is 11.6. The van der Waals surface area contributed by atoms with Gasteiger partial charge in [0.05, 0.1) is 0 Å². The van der Waals surface area contributed by atoms with Crippen LogP contribution in [0.4, 0.5) is 0 Å². The third-order valence-electron chi connectivity index (χ3n) is 3.94. The summed E-state index contributed by atoms with van der Waals surface area (Å²) >= 11 is 0. The van der Waals surface area contributed by atoms with E-state index < -0.39 is 0 Å². The molecule has 0 heteroatoms. The molecule has 3 rings (SSSR count). The molecule has 0 nitrogen and oxygen atoms in total. The predicted molar refractivity (Wildman–Crippen MR) is 82.8 cm³/mol. The number of allylic oxidation sites excluding steroid dienone is 2. The van der Waals surface area contributed by atoms with Crippen LogP contribution in [0.25, 0.3) is 16.7 Å². The lowest BCUT2D eigenvalue weighted by Gasteiger charge is -2.12. The Labute approximate surface area is 115 Å². The number of hydrogen-bond donors (Lipinski definition) is 0. The van der Waals surface area contributed by atoms with Crippen LogP contribution in [0.1, 0.15) is 37.8 Å². The first kappa shape index (κ1) is 12.2. The Morgan fingerprint density at radius 2 is 1.58 bits per heavy atom. The van der Waals surface area contributed by atoms with Gasteiger partial charge in [0.1, 0.15) is 0 Å². The summed E-state index contributed by atoms with van der Waals surface area (Å²) in [5.74, 6) is 0. The molecule has 19 heavy (non-hydrogen) atoms. The summed E-state index contributed by atoms with van der Waals surface area (Å²) in [6.07, 6.45) is 4.59. The van der Waals surface area contributed by atoms with E-state index in [0.717, 1.165) is 12.8 Å². The molecule has 0 heterocycles. The van der Waals surface area contributed by atoms with Gasteiger partial charge >= 0.3 is 0 Å². The highest BCUT2D eigenvalue weighted by atomic mass is 14.3. The average molecular weight is 247 g/mol. The van der Waals surface area contributed by atoms with Gasteiger partial charge in [0, 0.05) is 6.42 Å². The van der Waals surface area contributed by atoms with Crippen LogP contribution in [0.3, 0.4) is 0 Å². The van der Waals surface area contributed by atoms with Crippen molar-refractivity contribution in [3.05, 3.63) is 71.7 Å². The zero-order valence-corrected chi connectivity index (χ0v) is 11.6. The van der Waals surface area contributed by atoms with E-state index in [2.05, 4.69) is 68.8 Å². The van der Waals surface area contributed by atoms with Gasteiger partial charge in [-0.3, -0.25) is 0 Å². The maximum absolute atomic E-state index is 2.36. The highest BCUT2D eigenvalue weighted by Gasteiger charge is 2.22. The largest absolute Gasteiger partial charge is 0.0622 e. The molecule has 0 aliphatic heterocycles. The maximum Gasteiger partial charge on any atom is 0.0167 e. The SMILES string of the molecule is CCC1=C(CC)c2c(cccc2-c2ccccc2)[CH]1. The Hall–Kier alpha value is -1.82. The van der Waals surface area contributed by atoms with Crippen molar-refractivity contribution in [1.82, 2.24) is 0 Å². The molecule has 0 atom stereocenters. The summed E-state index contributed by atoms with van der Waals surface area (Å²) in [5.41, 5.74) is 8.55. The van der Waals surface area contributed by atoms with Crippen molar-refractivity contribution in [1.29, 1.82) is 0 Å². The Morgan fingerprint density at radius 1 is 0.789 bits per heavy atom. The Morgan fingerprint density at radius 3 is 2.26 bits per heavy atom. The molecular weight excluding hydrogens is 228 g/mol. The molecule has 95 valence electrons. The lowest BCUT2D eigenvalue weighted by molar-refractivity contribution is 1.11. The fraction of sp³-hybridized carbons (Fsp3) is 0.211. The molecule has 0 aromatic heterocycles. The van der Waals surface area contributed by atoms with Gasteiger partial charge < -0.3 is 0 Å². The highest BCUT2D eigenvalue weighted by Crippen LogP contribution is 2.42. The molecule has 0 saturated carbocycles. The van der Waals surface area contributed by atoms with Crippen molar-refractivity contribution in [2.45, 2.75) is 26.7 Å². The summed E-state index contributed by atoms with van der Waals surface area (Å²) in [7, 11) is 0. The number of hydrogen-bond acceptors (Lipinski definition) is 0. The molecule has 0 spiro atoms. The fourth-order valence-corrected chi connectivity index (χ4v) is 3.04.